The Hall–Kier alpha value is -0.380. The molecule has 2 rings (SSSR count). The summed E-state index contributed by atoms with van der Waals surface area (Å²) in [5.41, 5.74) is 0. The summed E-state index contributed by atoms with van der Waals surface area (Å²) in [5, 5.41) is 11.2. The van der Waals surface area contributed by atoms with E-state index in [1.165, 1.54) is 4.88 Å². The van der Waals surface area contributed by atoms with Gasteiger partial charge in [0.1, 0.15) is 0 Å². The highest BCUT2D eigenvalue weighted by Crippen LogP contribution is 2.32. The lowest BCUT2D eigenvalue weighted by Crippen LogP contribution is -2.34. The predicted molar refractivity (Wildman–Crippen MR) is 48.5 cm³/mol. The van der Waals surface area contributed by atoms with Crippen molar-refractivity contribution < 1.29 is 9.84 Å². The molecule has 1 fully saturated rings. The number of aliphatic hydroxyl groups is 1. The molecule has 0 bridgehead atoms. The molecule has 0 radical (unpaired) electrons. The Morgan fingerprint density at radius 3 is 2.92 bits per heavy atom. The third-order valence-electron chi connectivity index (χ3n) is 2.34. The van der Waals surface area contributed by atoms with E-state index in [2.05, 4.69) is 11.4 Å². The number of rotatable bonds is 3. The average molecular weight is 184 g/mol. The topological polar surface area (TPSA) is 29.5 Å². The maximum atomic E-state index is 9.18. The zero-order valence-electron chi connectivity index (χ0n) is 6.77. The Morgan fingerprint density at radius 2 is 2.50 bits per heavy atom. The van der Waals surface area contributed by atoms with Gasteiger partial charge in [-0.05, 0) is 11.4 Å². The standard InChI is InChI=1S/C9H12O2S/c10-4-8(7-5-11-6-7)9-2-1-3-12-9/h1-3,7-8,10H,4-6H2. The summed E-state index contributed by atoms with van der Waals surface area (Å²) in [5.74, 6) is 0.840. The Labute approximate surface area is 75.8 Å². The molecule has 1 atom stereocenters. The highest BCUT2D eigenvalue weighted by molar-refractivity contribution is 7.10. The van der Waals surface area contributed by atoms with Crippen LogP contribution < -0.4 is 0 Å². The minimum Gasteiger partial charge on any atom is -0.396 e. The van der Waals surface area contributed by atoms with E-state index in [1.807, 2.05) is 6.07 Å². The number of aliphatic hydroxyl groups excluding tert-OH is 1. The van der Waals surface area contributed by atoms with Crippen LogP contribution in [0.1, 0.15) is 10.8 Å². The third-order valence-corrected chi connectivity index (χ3v) is 3.34. The van der Waals surface area contributed by atoms with E-state index in [1.54, 1.807) is 11.3 Å². The molecule has 3 heteroatoms. The van der Waals surface area contributed by atoms with Gasteiger partial charge in [0.15, 0.2) is 0 Å². The fourth-order valence-electron chi connectivity index (χ4n) is 1.46. The first-order chi connectivity index (χ1) is 5.92. The van der Waals surface area contributed by atoms with Gasteiger partial charge in [-0.2, -0.15) is 0 Å². The van der Waals surface area contributed by atoms with Gasteiger partial charge < -0.3 is 9.84 Å². The first kappa shape index (κ1) is 8.23. The van der Waals surface area contributed by atoms with Crippen molar-refractivity contribution in [3.8, 4) is 0 Å². The van der Waals surface area contributed by atoms with Gasteiger partial charge in [0.25, 0.3) is 0 Å². The van der Waals surface area contributed by atoms with Gasteiger partial charge in [0, 0.05) is 16.7 Å². The van der Waals surface area contributed by atoms with Crippen LogP contribution in [0.3, 0.4) is 0 Å². The Bertz CT molecular complexity index is 229. The van der Waals surface area contributed by atoms with Crippen LogP contribution in [0, 0.1) is 5.92 Å². The molecule has 2 nitrogen and oxygen atoms in total. The molecule has 1 aromatic heterocycles. The Balaban J connectivity index is 2.07. The van der Waals surface area contributed by atoms with Crippen LogP contribution in [0.2, 0.25) is 0 Å². The van der Waals surface area contributed by atoms with E-state index < -0.39 is 0 Å². The summed E-state index contributed by atoms with van der Waals surface area (Å²) in [4.78, 5) is 1.28. The second-order valence-electron chi connectivity index (χ2n) is 3.10. The van der Waals surface area contributed by atoms with Gasteiger partial charge >= 0.3 is 0 Å². The molecule has 66 valence electrons. The SMILES string of the molecule is OCC(c1cccs1)C1COC1. The fraction of sp³-hybridized carbons (Fsp3) is 0.556. The lowest BCUT2D eigenvalue weighted by atomic mass is 9.90. The highest BCUT2D eigenvalue weighted by Gasteiger charge is 2.29. The van der Waals surface area contributed by atoms with E-state index in [4.69, 9.17) is 4.74 Å². The smallest absolute Gasteiger partial charge is 0.0523 e. The molecule has 1 unspecified atom stereocenters. The number of hydrogen-bond donors (Lipinski definition) is 1. The van der Waals surface area contributed by atoms with Crippen LogP contribution in [-0.2, 0) is 4.74 Å². The van der Waals surface area contributed by atoms with Crippen molar-refractivity contribution in [1.29, 1.82) is 0 Å². The van der Waals surface area contributed by atoms with Gasteiger partial charge in [-0.3, -0.25) is 0 Å². The van der Waals surface area contributed by atoms with Crippen molar-refractivity contribution in [3.05, 3.63) is 22.4 Å². The molecule has 0 amide bonds. The lowest BCUT2D eigenvalue weighted by molar-refractivity contribution is -0.0521. The molecule has 1 aliphatic rings. The summed E-state index contributed by atoms with van der Waals surface area (Å²) in [6.07, 6.45) is 0. The van der Waals surface area contributed by atoms with Crippen molar-refractivity contribution in [3.63, 3.8) is 0 Å². The molecule has 0 saturated carbocycles. The molecule has 1 N–H and O–H groups in total. The van der Waals surface area contributed by atoms with Gasteiger partial charge in [0.2, 0.25) is 0 Å². The van der Waals surface area contributed by atoms with Crippen molar-refractivity contribution in [2.45, 2.75) is 5.92 Å². The minimum absolute atomic E-state index is 0.245. The van der Waals surface area contributed by atoms with Crippen LogP contribution in [0.25, 0.3) is 0 Å². The summed E-state index contributed by atoms with van der Waals surface area (Å²) >= 11 is 1.72. The molecule has 0 aliphatic carbocycles. The summed E-state index contributed by atoms with van der Waals surface area (Å²) in [7, 11) is 0. The molecule has 1 saturated heterocycles. The Morgan fingerprint density at radius 1 is 1.67 bits per heavy atom. The van der Waals surface area contributed by atoms with Gasteiger partial charge in [0.05, 0.1) is 19.8 Å². The van der Waals surface area contributed by atoms with Crippen LogP contribution in [0.4, 0.5) is 0 Å². The van der Waals surface area contributed by atoms with E-state index in [0.717, 1.165) is 13.2 Å². The molecule has 1 aliphatic heterocycles. The van der Waals surface area contributed by atoms with Crippen molar-refractivity contribution in [1.82, 2.24) is 0 Å². The first-order valence-electron chi connectivity index (χ1n) is 4.14. The second-order valence-corrected chi connectivity index (χ2v) is 4.08. The number of ether oxygens (including phenoxy) is 1. The Kier molecular flexibility index (Phi) is 2.44. The molecule has 2 heterocycles. The maximum absolute atomic E-state index is 9.18. The molecular formula is C9H12O2S. The van der Waals surface area contributed by atoms with Gasteiger partial charge in [-0.1, -0.05) is 6.07 Å². The number of thiophene rings is 1. The van der Waals surface area contributed by atoms with E-state index in [0.29, 0.717) is 11.8 Å². The van der Waals surface area contributed by atoms with Gasteiger partial charge in [-0.25, -0.2) is 0 Å². The summed E-state index contributed by atoms with van der Waals surface area (Å²) < 4.78 is 5.11. The molecular weight excluding hydrogens is 172 g/mol. The van der Waals surface area contributed by atoms with Crippen LogP contribution in [-0.4, -0.2) is 24.9 Å². The third kappa shape index (κ3) is 1.40. The monoisotopic (exact) mass is 184 g/mol. The van der Waals surface area contributed by atoms with Crippen LogP contribution >= 0.6 is 11.3 Å². The molecule has 0 spiro atoms. The average Bonchev–Trinajstić information content (AvgIpc) is 2.47. The predicted octanol–water partition coefficient (Wildman–Crippen LogP) is 1.47. The zero-order valence-corrected chi connectivity index (χ0v) is 7.59. The fourth-order valence-corrected chi connectivity index (χ4v) is 2.37. The van der Waals surface area contributed by atoms with E-state index in [-0.39, 0.29) is 6.61 Å². The maximum Gasteiger partial charge on any atom is 0.0523 e. The normalized spacial score (nSPS) is 20.4. The van der Waals surface area contributed by atoms with E-state index in [9.17, 15) is 5.11 Å². The van der Waals surface area contributed by atoms with Crippen LogP contribution in [0.15, 0.2) is 17.5 Å². The van der Waals surface area contributed by atoms with Crippen molar-refractivity contribution in [2.24, 2.45) is 5.92 Å². The molecule has 0 aromatic carbocycles. The number of hydrogen-bond acceptors (Lipinski definition) is 3. The minimum atomic E-state index is 0.245. The summed E-state index contributed by atoms with van der Waals surface area (Å²) in [6, 6.07) is 4.12. The van der Waals surface area contributed by atoms with Crippen molar-refractivity contribution in [2.75, 3.05) is 19.8 Å². The zero-order chi connectivity index (χ0) is 8.39. The lowest BCUT2D eigenvalue weighted by Gasteiger charge is -2.32. The molecule has 1 aromatic rings. The van der Waals surface area contributed by atoms with Gasteiger partial charge in [-0.15, -0.1) is 11.3 Å². The van der Waals surface area contributed by atoms with Crippen molar-refractivity contribution >= 4 is 11.3 Å². The summed E-state index contributed by atoms with van der Waals surface area (Å²) in [6.45, 7) is 1.86. The largest absolute Gasteiger partial charge is 0.396 e. The van der Waals surface area contributed by atoms with E-state index >= 15 is 0 Å². The first-order valence-corrected chi connectivity index (χ1v) is 5.02. The van der Waals surface area contributed by atoms with Crippen LogP contribution in [0.5, 0.6) is 0 Å². The quantitative estimate of drug-likeness (QED) is 0.771. The second kappa shape index (κ2) is 3.56. The molecule has 12 heavy (non-hydrogen) atoms. The highest BCUT2D eigenvalue weighted by atomic mass is 32.1.